The summed E-state index contributed by atoms with van der Waals surface area (Å²) < 4.78 is 37.4. The Morgan fingerprint density at radius 2 is 0.581 bits per heavy atom. The minimum absolute atomic E-state index is 0.0497. The van der Waals surface area contributed by atoms with Gasteiger partial charge in [-0.3, -0.25) is 14.4 Å². The Morgan fingerprint density at radius 3 is 0.769 bits per heavy atom. The molecule has 3 atom stereocenters. The fourth-order valence-electron chi connectivity index (χ4n) is 12.9. The Bertz CT molecular complexity index is 4420. The minimum atomic E-state index is -3.05. The highest BCUT2D eigenvalue weighted by molar-refractivity contribution is 7.79. The molecule has 7 rings (SSSR count). The van der Waals surface area contributed by atoms with Crippen LogP contribution in [0.4, 0.5) is 34.1 Å². The number of allylic oxidation sites excluding steroid dienone is 3. The van der Waals surface area contributed by atoms with Crippen LogP contribution < -0.4 is 62.1 Å². The van der Waals surface area contributed by atoms with E-state index in [2.05, 4.69) is 16.0 Å². The first-order chi connectivity index (χ1) is 55.4. The summed E-state index contributed by atoms with van der Waals surface area (Å²) in [5, 5.41) is 47.8. The lowest BCUT2D eigenvalue weighted by Gasteiger charge is -2.47. The molecule has 0 aliphatic rings. The molecule has 0 aliphatic carbocycles. The lowest BCUT2D eigenvalue weighted by Crippen LogP contribution is -2.66. The quantitative estimate of drug-likeness (QED) is 0.00568. The second-order valence-corrected chi connectivity index (χ2v) is 30.5. The number of nitrogens with two attached hydrogens (primary N) is 3. The third kappa shape index (κ3) is 22.5. The Kier molecular flexibility index (Phi) is 31.9. The fourth-order valence-corrected chi connectivity index (χ4v) is 13.2. The summed E-state index contributed by atoms with van der Waals surface area (Å²) in [6, 6.07) is 33.6. The van der Waals surface area contributed by atoms with Crippen LogP contribution in [0.3, 0.4) is 0 Å². The number of carboxylic acid groups (broad SMARTS) is 3. The SMILES string of the molecule is CNC(=O)[C@@](Cc1ccc(OCC=CC=S)cc1)(C(=O)OC(C)(C)C)N(c1cc(N(c2ccc(CN)cc2C(=O)O)[C@@](Cc2ccc(OCC=CC=S)cc2)(C(=O)NC)C(=O)OC(C)(C)C)cc(N(c2ccc(CN)cc2C(=O)O)[C@@](Cc2ccc(OCC=CC=S)cc2)(C(=O)NC)C(=O)OC(C)(C)C)c1)c1ccc(CN)cc1C(=O)O. The van der Waals surface area contributed by atoms with Gasteiger partial charge in [0.1, 0.15) is 53.9 Å². The second-order valence-electron chi connectivity index (χ2n) is 29.7. The van der Waals surface area contributed by atoms with Crippen LogP contribution in [0.15, 0.2) is 182 Å². The van der Waals surface area contributed by atoms with Crippen molar-refractivity contribution in [1.29, 1.82) is 0 Å². The molecule has 117 heavy (non-hydrogen) atoms. The van der Waals surface area contributed by atoms with Gasteiger partial charge in [-0.15, -0.1) is 0 Å². The first-order valence-electron chi connectivity index (χ1n) is 37.0. The number of carbonyl (C=O) groups is 9. The van der Waals surface area contributed by atoms with E-state index in [1.54, 1.807) is 72.9 Å². The van der Waals surface area contributed by atoms with Crippen molar-refractivity contribution in [2.45, 2.75) is 135 Å². The molecule has 0 bridgehead atoms. The molecule has 0 saturated carbocycles. The molecular formula is C87H99N9O18S3. The molecule has 0 spiro atoms. The molecule has 0 unspecified atom stereocenters. The van der Waals surface area contributed by atoms with Crippen LogP contribution in [0.25, 0.3) is 0 Å². The number of ether oxygens (including phenoxy) is 6. The number of amides is 3. The van der Waals surface area contributed by atoms with Crippen LogP contribution in [0.5, 0.6) is 17.2 Å². The number of hydrogen-bond acceptors (Lipinski definition) is 24. The van der Waals surface area contributed by atoms with E-state index in [1.165, 1.54) is 209 Å². The van der Waals surface area contributed by atoms with Crippen molar-refractivity contribution in [1.82, 2.24) is 16.0 Å². The number of carbonyl (C=O) groups excluding carboxylic acids is 6. The van der Waals surface area contributed by atoms with Crippen molar-refractivity contribution in [3.05, 3.63) is 232 Å². The van der Waals surface area contributed by atoms with Crippen molar-refractivity contribution in [2.75, 3.05) is 55.7 Å². The molecule has 7 aromatic carbocycles. The topological polar surface area (TPSA) is 394 Å². The highest BCUT2D eigenvalue weighted by atomic mass is 32.1. The zero-order chi connectivity index (χ0) is 86.4. The maximum atomic E-state index is 16.9. The molecule has 27 nitrogen and oxygen atoms in total. The van der Waals surface area contributed by atoms with Crippen LogP contribution in [0.1, 0.15) is 127 Å². The maximum Gasteiger partial charge on any atom is 0.343 e. The monoisotopic (exact) mass is 1650 g/mol. The molecule has 30 heteroatoms. The van der Waals surface area contributed by atoms with Crippen LogP contribution in [0.2, 0.25) is 0 Å². The molecule has 0 saturated heterocycles. The van der Waals surface area contributed by atoms with Crippen molar-refractivity contribution in [3.8, 4) is 17.2 Å². The summed E-state index contributed by atoms with van der Waals surface area (Å²) in [5.41, 5.74) is 1.23. The summed E-state index contributed by atoms with van der Waals surface area (Å²) in [4.78, 5) is 147. The molecule has 0 aromatic heterocycles. The number of esters is 3. The smallest absolute Gasteiger partial charge is 0.343 e. The number of nitrogens with zero attached hydrogens (tertiary/aromatic N) is 3. The predicted molar refractivity (Wildman–Crippen MR) is 460 cm³/mol. The van der Waals surface area contributed by atoms with Gasteiger partial charge in [-0.2, -0.15) is 0 Å². The number of anilines is 6. The van der Waals surface area contributed by atoms with Crippen LogP contribution in [0, 0.1) is 0 Å². The normalized spacial score (nSPS) is 13.2. The van der Waals surface area contributed by atoms with Gasteiger partial charge in [0.2, 0.25) is 16.6 Å². The lowest BCUT2D eigenvalue weighted by atomic mass is 9.83. The Labute approximate surface area is 696 Å². The van der Waals surface area contributed by atoms with Crippen molar-refractivity contribution in [3.63, 3.8) is 0 Å². The number of aromatic carboxylic acids is 3. The molecule has 618 valence electrons. The van der Waals surface area contributed by atoms with E-state index < -0.39 is 157 Å². The van der Waals surface area contributed by atoms with Gasteiger partial charge in [0.15, 0.2) is 0 Å². The molecule has 7 aromatic rings. The van der Waals surface area contributed by atoms with Gasteiger partial charge < -0.3 is 91.6 Å². The van der Waals surface area contributed by atoms with Gasteiger partial charge in [0.25, 0.3) is 17.7 Å². The average Bonchev–Trinajstić information content (AvgIpc) is 0.711. The van der Waals surface area contributed by atoms with Crippen LogP contribution in [-0.4, -0.2) is 159 Å². The number of carboxylic acids is 3. The third-order valence-corrected chi connectivity index (χ3v) is 18.4. The van der Waals surface area contributed by atoms with Crippen LogP contribution in [-0.2, 0) is 81.9 Å². The number of benzene rings is 7. The zero-order valence-electron chi connectivity index (χ0n) is 67.2. The number of rotatable bonds is 39. The highest BCUT2D eigenvalue weighted by Gasteiger charge is 2.60. The van der Waals surface area contributed by atoms with E-state index in [1.807, 2.05) is 0 Å². The molecule has 12 N–H and O–H groups in total. The standard InChI is InChI=1S/C87H99N9O18S3/c1-82(2,3)112-79(106)85(76(103)91-10,49-55-19-28-64(29-20-55)109-37-13-16-40-115)94(70-34-25-58(52-88)43-67(70)73(97)98)61-46-62(95(71-35-26-59(53-89)44-68(71)74(99)100)86(77(104)92-11,80(107)113-83(4,5)6)50-56-21-30-65(31-22-56)110-38-14-17-41-116)48-63(47-61)96(72-36-27-60(54-90)45-69(72)75(101)102)87(78(105)93-12,81(108)114-84(7,8)9)51-57-23-32-66(33-24-57)111-39-15-18-42-117/h13-36,40-48H,37-39,49-54,88-90H2,1-12H3,(H,91,103)(H,92,104)(H,93,105)(H,97,98)(H,99,100)(H,101,102)/t85-,86-,87-/m0/s1. The molecule has 0 radical (unpaired) electrons. The first-order valence-corrected chi connectivity index (χ1v) is 38.4. The summed E-state index contributed by atoms with van der Waals surface area (Å²) in [7, 11) is 3.61. The molecule has 0 heterocycles. The Balaban J connectivity index is 1.97. The van der Waals surface area contributed by atoms with Gasteiger partial charge in [-0.1, -0.05) is 109 Å². The largest absolute Gasteiger partial charge is 0.490 e. The first kappa shape index (κ1) is 92.1. The summed E-state index contributed by atoms with van der Waals surface area (Å²) >= 11 is 14.9. The number of hydrogen-bond donors (Lipinski definition) is 9. The van der Waals surface area contributed by atoms with E-state index in [4.69, 9.17) is 82.3 Å². The highest BCUT2D eigenvalue weighted by Crippen LogP contribution is 2.51. The van der Waals surface area contributed by atoms with Gasteiger partial charge >= 0.3 is 35.8 Å². The number of thiocarbonyl (C=S) groups is 3. The molecule has 0 aliphatic heterocycles. The van der Waals surface area contributed by atoms with Crippen molar-refractivity contribution < 1.29 is 86.9 Å². The summed E-state index contributed by atoms with van der Waals surface area (Å²) in [6.07, 6.45) is 7.36. The van der Waals surface area contributed by atoms with E-state index in [-0.39, 0.29) is 72.8 Å². The maximum absolute atomic E-state index is 16.9. The molecule has 3 amide bonds. The van der Waals surface area contributed by atoms with E-state index in [9.17, 15) is 29.7 Å². The number of likely N-dealkylation sites (N-methyl/N-ethyl adjacent to an activating group) is 3. The Hall–Kier alpha value is -12.1. The minimum Gasteiger partial charge on any atom is -0.490 e. The van der Waals surface area contributed by atoms with Gasteiger partial charge in [-0.05, 0) is 205 Å². The number of nitrogens with one attached hydrogen (secondary N) is 3. The van der Waals surface area contributed by atoms with Crippen molar-refractivity contribution >= 4 is 140 Å². The fraction of sp³-hybridized carbons (Fsp3) is 0.310. The van der Waals surface area contributed by atoms with E-state index >= 15 is 28.8 Å². The van der Waals surface area contributed by atoms with Gasteiger partial charge in [0.05, 0.1) is 33.8 Å². The van der Waals surface area contributed by atoms with E-state index in [0.29, 0.717) is 17.2 Å². The summed E-state index contributed by atoms with van der Waals surface area (Å²) in [6.45, 7) is 12.9. The molecular weight excluding hydrogens is 1560 g/mol. The Morgan fingerprint density at radius 1 is 0.359 bits per heavy atom. The third-order valence-electron chi connectivity index (χ3n) is 18.0. The van der Waals surface area contributed by atoms with Gasteiger partial charge in [0, 0.05) is 93.2 Å². The zero-order valence-corrected chi connectivity index (χ0v) is 69.6. The van der Waals surface area contributed by atoms with E-state index in [0.717, 1.165) is 14.7 Å². The predicted octanol–water partition coefficient (Wildman–Crippen LogP) is 11.6. The lowest BCUT2D eigenvalue weighted by molar-refractivity contribution is -0.165. The molecule has 0 fully saturated rings. The van der Waals surface area contributed by atoms with Crippen molar-refractivity contribution in [2.24, 2.45) is 17.2 Å². The summed E-state index contributed by atoms with van der Waals surface area (Å²) in [5.74, 6) is -11.9. The van der Waals surface area contributed by atoms with Crippen LogP contribution >= 0.6 is 36.7 Å². The second kappa shape index (κ2) is 40.5. The van der Waals surface area contributed by atoms with Gasteiger partial charge in [-0.25, -0.2) is 28.8 Å². The average molecular weight is 1650 g/mol.